The van der Waals surface area contributed by atoms with Gasteiger partial charge in [0.15, 0.2) is 0 Å². The van der Waals surface area contributed by atoms with Gasteiger partial charge in [0.1, 0.15) is 5.75 Å². The van der Waals surface area contributed by atoms with Crippen LogP contribution in [0.4, 0.5) is 0 Å². The van der Waals surface area contributed by atoms with E-state index < -0.39 is 0 Å². The second kappa shape index (κ2) is 8.89. The van der Waals surface area contributed by atoms with Crippen LogP contribution in [0, 0.1) is 5.92 Å². The van der Waals surface area contributed by atoms with Crippen LogP contribution in [0.1, 0.15) is 19.4 Å². The van der Waals surface area contributed by atoms with Crippen LogP contribution in [-0.4, -0.2) is 62.1 Å². The highest BCUT2D eigenvalue weighted by molar-refractivity contribution is 5.78. The Hall–Kier alpha value is -1.59. The van der Waals surface area contributed by atoms with Crippen LogP contribution in [0.5, 0.6) is 5.75 Å². The highest BCUT2D eigenvalue weighted by Gasteiger charge is 2.24. The van der Waals surface area contributed by atoms with E-state index in [4.69, 9.17) is 4.74 Å². The lowest BCUT2D eigenvalue weighted by Crippen LogP contribution is -2.50. The minimum absolute atomic E-state index is 0.0534. The maximum absolute atomic E-state index is 12.3. The third-order valence-corrected chi connectivity index (χ3v) is 4.26. The average molecular weight is 319 g/mol. The summed E-state index contributed by atoms with van der Waals surface area (Å²) in [4.78, 5) is 16.7. The van der Waals surface area contributed by atoms with Crippen molar-refractivity contribution in [1.82, 2.24) is 15.1 Å². The number of hydrogen-bond donors (Lipinski definition) is 1. The lowest BCUT2D eigenvalue weighted by Gasteiger charge is -2.36. The molecule has 23 heavy (non-hydrogen) atoms. The van der Waals surface area contributed by atoms with E-state index in [1.54, 1.807) is 0 Å². The number of ether oxygens (including phenoxy) is 1. The van der Waals surface area contributed by atoms with Crippen molar-refractivity contribution < 1.29 is 9.53 Å². The Labute approximate surface area is 139 Å². The number of carbonyl (C=O) groups is 1. The van der Waals surface area contributed by atoms with Gasteiger partial charge >= 0.3 is 0 Å². The molecule has 0 aromatic heterocycles. The Balaban J connectivity index is 1.79. The zero-order chi connectivity index (χ0) is 16.7. The molecule has 1 aromatic rings. The molecule has 5 nitrogen and oxygen atoms in total. The molecule has 1 heterocycles. The minimum Gasteiger partial charge on any atom is -0.494 e. The molecule has 5 heteroatoms. The molecular formula is C18H29N3O2. The number of rotatable bonds is 7. The first-order chi connectivity index (χ1) is 11.1. The molecule has 0 spiro atoms. The first-order valence-electron chi connectivity index (χ1n) is 8.51. The van der Waals surface area contributed by atoms with Crippen molar-refractivity contribution in [2.75, 3.05) is 46.4 Å². The number of nitrogens with zero attached hydrogens (tertiary/aromatic N) is 2. The Morgan fingerprint density at radius 1 is 1.22 bits per heavy atom. The molecule has 2 rings (SSSR count). The fourth-order valence-corrected chi connectivity index (χ4v) is 2.95. The number of benzene rings is 1. The van der Waals surface area contributed by atoms with Crippen LogP contribution < -0.4 is 10.1 Å². The van der Waals surface area contributed by atoms with Gasteiger partial charge in [-0.15, -0.1) is 0 Å². The Morgan fingerprint density at radius 3 is 2.43 bits per heavy atom. The summed E-state index contributed by atoms with van der Waals surface area (Å²) >= 11 is 0. The zero-order valence-electron chi connectivity index (χ0n) is 14.5. The van der Waals surface area contributed by atoms with Gasteiger partial charge in [-0.25, -0.2) is 0 Å². The van der Waals surface area contributed by atoms with Crippen LogP contribution in [0.15, 0.2) is 24.3 Å². The third kappa shape index (κ3) is 5.22. The quantitative estimate of drug-likeness (QED) is 0.829. The minimum atomic E-state index is 0.0534. The zero-order valence-corrected chi connectivity index (χ0v) is 14.5. The van der Waals surface area contributed by atoms with Gasteiger partial charge in [-0.05, 0) is 31.7 Å². The second-order valence-electron chi connectivity index (χ2n) is 6.14. The van der Waals surface area contributed by atoms with Crippen molar-refractivity contribution in [2.24, 2.45) is 5.92 Å². The first-order valence-corrected chi connectivity index (χ1v) is 8.51. The molecule has 0 aliphatic carbocycles. The summed E-state index contributed by atoms with van der Waals surface area (Å²) < 4.78 is 5.47. The van der Waals surface area contributed by atoms with Crippen LogP contribution in [0.3, 0.4) is 0 Å². The molecule has 128 valence electrons. The van der Waals surface area contributed by atoms with Gasteiger partial charge < -0.3 is 15.0 Å². The lowest BCUT2D eigenvalue weighted by atomic mass is 10.1. The maximum Gasteiger partial charge on any atom is 0.226 e. The fourth-order valence-electron chi connectivity index (χ4n) is 2.95. The summed E-state index contributed by atoms with van der Waals surface area (Å²) in [5.41, 5.74) is 1.29. The molecule has 1 aliphatic rings. The normalized spacial score (nSPS) is 17.1. The summed E-state index contributed by atoms with van der Waals surface area (Å²) in [6.07, 6.45) is 0. The third-order valence-electron chi connectivity index (χ3n) is 4.26. The van der Waals surface area contributed by atoms with Crippen molar-refractivity contribution in [1.29, 1.82) is 0 Å². The summed E-state index contributed by atoms with van der Waals surface area (Å²) in [7, 11) is 1.89. The first kappa shape index (κ1) is 17.8. The Kier molecular flexibility index (Phi) is 6.86. The SMILES string of the molecule is CCOc1ccc(CN2CCN(C(=O)C(C)CNC)CC2)cc1. The standard InChI is InChI=1S/C18H29N3O2/c1-4-23-17-7-5-16(6-8-17)14-20-9-11-21(12-10-20)18(22)15(2)13-19-3/h5-8,15,19H,4,9-14H2,1-3H3. The van der Waals surface area contributed by atoms with E-state index in [0.717, 1.165) is 45.0 Å². The van der Waals surface area contributed by atoms with E-state index in [1.807, 2.05) is 37.9 Å². The summed E-state index contributed by atoms with van der Waals surface area (Å²) in [5, 5.41) is 3.07. The van der Waals surface area contributed by atoms with Gasteiger partial charge in [0.25, 0.3) is 0 Å². The van der Waals surface area contributed by atoms with Crippen molar-refractivity contribution in [3.63, 3.8) is 0 Å². The van der Waals surface area contributed by atoms with Crippen LogP contribution >= 0.6 is 0 Å². The predicted octanol–water partition coefficient (Wildman–Crippen LogP) is 1.59. The largest absolute Gasteiger partial charge is 0.494 e. The monoisotopic (exact) mass is 319 g/mol. The summed E-state index contributed by atoms with van der Waals surface area (Å²) in [5.74, 6) is 1.24. The molecule has 1 fully saturated rings. The second-order valence-corrected chi connectivity index (χ2v) is 6.14. The van der Waals surface area contributed by atoms with Gasteiger partial charge in [0.05, 0.1) is 6.61 Å². The van der Waals surface area contributed by atoms with Gasteiger partial charge in [0.2, 0.25) is 5.91 Å². The van der Waals surface area contributed by atoms with E-state index in [9.17, 15) is 4.79 Å². The lowest BCUT2D eigenvalue weighted by molar-refractivity contribution is -0.136. The van der Waals surface area contributed by atoms with Crippen molar-refractivity contribution >= 4 is 5.91 Å². The van der Waals surface area contributed by atoms with Gasteiger partial charge in [-0.3, -0.25) is 9.69 Å². The van der Waals surface area contributed by atoms with E-state index in [0.29, 0.717) is 6.61 Å². The summed E-state index contributed by atoms with van der Waals surface area (Å²) in [6, 6.07) is 8.30. The smallest absolute Gasteiger partial charge is 0.226 e. The van der Waals surface area contributed by atoms with Gasteiger partial charge in [-0.2, -0.15) is 0 Å². The van der Waals surface area contributed by atoms with Crippen LogP contribution in [0.25, 0.3) is 0 Å². The van der Waals surface area contributed by atoms with Crippen LogP contribution in [-0.2, 0) is 11.3 Å². The number of nitrogens with one attached hydrogen (secondary N) is 1. The van der Waals surface area contributed by atoms with Crippen molar-refractivity contribution in [2.45, 2.75) is 20.4 Å². The average Bonchev–Trinajstić information content (AvgIpc) is 2.57. The highest BCUT2D eigenvalue weighted by Crippen LogP contribution is 2.15. The van der Waals surface area contributed by atoms with Crippen molar-refractivity contribution in [3.05, 3.63) is 29.8 Å². The molecule has 1 aromatic carbocycles. The number of amides is 1. The molecule has 1 saturated heterocycles. The molecule has 0 saturated carbocycles. The molecule has 1 atom stereocenters. The Morgan fingerprint density at radius 2 is 1.87 bits per heavy atom. The maximum atomic E-state index is 12.3. The van der Waals surface area contributed by atoms with Gasteiger partial charge in [-0.1, -0.05) is 19.1 Å². The highest BCUT2D eigenvalue weighted by atomic mass is 16.5. The molecule has 1 amide bonds. The van der Waals surface area contributed by atoms with E-state index in [1.165, 1.54) is 5.56 Å². The number of piperazine rings is 1. The summed E-state index contributed by atoms with van der Waals surface area (Å²) in [6.45, 7) is 9.87. The van der Waals surface area contributed by atoms with E-state index in [-0.39, 0.29) is 11.8 Å². The predicted molar refractivity (Wildman–Crippen MR) is 92.6 cm³/mol. The van der Waals surface area contributed by atoms with E-state index in [2.05, 4.69) is 22.3 Å². The van der Waals surface area contributed by atoms with E-state index >= 15 is 0 Å². The fraction of sp³-hybridized carbons (Fsp3) is 0.611. The molecule has 1 aliphatic heterocycles. The topological polar surface area (TPSA) is 44.8 Å². The molecule has 0 radical (unpaired) electrons. The molecular weight excluding hydrogens is 290 g/mol. The number of carbonyl (C=O) groups excluding carboxylic acids is 1. The number of hydrogen-bond acceptors (Lipinski definition) is 4. The molecule has 1 N–H and O–H groups in total. The Bertz CT molecular complexity index is 482. The van der Waals surface area contributed by atoms with Crippen molar-refractivity contribution in [3.8, 4) is 5.75 Å². The van der Waals surface area contributed by atoms with Gasteiger partial charge in [0, 0.05) is 45.2 Å². The molecule has 0 bridgehead atoms. The molecule has 1 unspecified atom stereocenters. The van der Waals surface area contributed by atoms with Crippen LogP contribution in [0.2, 0.25) is 0 Å².